The molecule has 1 aromatic carbocycles. The standard InChI is InChI=1S/C17H21ClN2O3/c1-22-10-3-4-13(12(18)9-10)19-16(21)20-14-11-5-8-23-15(11)17(14)6-2-7-17/h3-4,9,11,14-15H,2,5-8H2,1H3,(H2,19,20,21)/t11-,14-,15-/m1/s1. The van der Waals surface area contributed by atoms with E-state index in [0.29, 0.717) is 28.5 Å². The predicted molar refractivity (Wildman–Crippen MR) is 88.1 cm³/mol. The average molecular weight is 337 g/mol. The van der Waals surface area contributed by atoms with Crippen molar-refractivity contribution in [3.8, 4) is 5.75 Å². The van der Waals surface area contributed by atoms with Crippen molar-refractivity contribution < 1.29 is 14.3 Å². The molecule has 0 aromatic heterocycles. The van der Waals surface area contributed by atoms with Gasteiger partial charge in [0, 0.05) is 30.0 Å². The number of nitrogens with one attached hydrogen (secondary N) is 2. The van der Waals surface area contributed by atoms with Crippen molar-refractivity contribution in [3.05, 3.63) is 23.2 Å². The summed E-state index contributed by atoms with van der Waals surface area (Å²) < 4.78 is 11.0. The van der Waals surface area contributed by atoms with Gasteiger partial charge >= 0.3 is 6.03 Å². The zero-order chi connectivity index (χ0) is 16.0. The van der Waals surface area contributed by atoms with Gasteiger partial charge in [-0.25, -0.2) is 4.79 Å². The van der Waals surface area contributed by atoms with E-state index in [0.717, 1.165) is 25.9 Å². The maximum Gasteiger partial charge on any atom is 0.319 e. The minimum absolute atomic E-state index is 0.183. The minimum Gasteiger partial charge on any atom is -0.497 e. The largest absolute Gasteiger partial charge is 0.497 e. The molecular weight excluding hydrogens is 316 g/mol. The summed E-state index contributed by atoms with van der Waals surface area (Å²) in [6, 6.07) is 5.25. The number of rotatable bonds is 3. The highest BCUT2D eigenvalue weighted by atomic mass is 35.5. The average Bonchev–Trinajstić information content (AvgIpc) is 2.90. The maximum atomic E-state index is 12.4. The Morgan fingerprint density at radius 3 is 2.91 bits per heavy atom. The smallest absolute Gasteiger partial charge is 0.319 e. The number of carbonyl (C=O) groups excluding carboxylic acids is 1. The van der Waals surface area contributed by atoms with Gasteiger partial charge in [-0.1, -0.05) is 18.0 Å². The first-order chi connectivity index (χ1) is 11.1. The van der Waals surface area contributed by atoms with E-state index in [-0.39, 0.29) is 17.5 Å². The quantitative estimate of drug-likeness (QED) is 0.889. The molecule has 5 nitrogen and oxygen atoms in total. The van der Waals surface area contributed by atoms with Crippen molar-refractivity contribution in [2.45, 2.75) is 37.8 Å². The molecule has 1 aliphatic heterocycles. The van der Waals surface area contributed by atoms with E-state index < -0.39 is 0 Å². The van der Waals surface area contributed by atoms with Gasteiger partial charge in [0.1, 0.15) is 5.75 Å². The number of fused-ring (bicyclic) bond motifs is 2. The number of amides is 2. The summed E-state index contributed by atoms with van der Waals surface area (Å²) in [4.78, 5) is 12.4. The first-order valence-electron chi connectivity index (χ1n) is 8.17. The molecule has 3 atom stereocenters. The second kappa shape index (κ2) is 5.56. The van der Waals surface area contributed by atoms with Crippen molar-refractivity contribution in [3.63, 3.8) is 0 Å². The summed E-state index contributed by atoms with van der Waals surface area (Å²) in [5.74, 6) is 1.13. The van der Waals surface area contributed by atoms with Gasteiger partial charge in [0.25, 0.3) is 0 Å². The molecule has 1 spiro atoms. The van der Waals surface area contributed by atoms with E-state index in [9.17, 15) is 4.79 Å². The Labute approximate surface area is 140 Å². The van der Waals surface area contributed by atoms with Crippen LogP contribution in [0.1, 0.15) is 25.7 Å². The normalized spacial score (nSPS) is 30.1. The van der Waals surface area contributed by atoms with Crippen LogP contribution in [0.25, 0.3) is 0 Å². The second-order valence-corrected chi connectivity index (χ2v) is 7.16. The molecule has 2 aliphatic carbocycles. The summed E-state index contributed by atoms with van der Waals surface area (Å²) in [6.45, 7) is 0.821. The second-order valence-electron chi connectivity index (χ2n) is 6.75. The van der Waals surface area contributed by atoms with E-state index in [4.69, 9.17) is 21.1 Å². The van der Waals surface area contributed by atoms with Crippen LogP contribution in [0, 0.1) is 11.3 Å². The topological polar surface area (TPSA) is 59.6 Å². The molecule has 2 N–H and O–H groups in total. The summed E-state index contributed by atoms with van der Waals surface area (Å²) in [5, 5.41) is 6.48. The van der Waals surface area contributed by atoms with Gasteiger partial charge in [-0.15, -0.1) is 0 Å². The lowest BCUT2D eigenvalue weighted by atomic mass is 9.46. The van der Waals surface area contributed by atoms with E-state index >= 15 is 0 Å². The van der Waals surface area contributed by atoms with Crippen molar-refractivity contribution in [1.29, 1.82) is 0 Å². The Hall–Kier alpha value is -1.46. The number of ether oxygens (including phenoxy) is 2. The fraction of sp³-hybridized carbons (Fsp3) is 0.588. The van der Waals surface area contributed by atoms with Gasteiger partial charge in [0.15, 0.2) is 0 Å². The van der Waals surface area contributed by atoms with Crippen LogP contribution in [0.15, 0.2) is 18.2 Å². The van der Waals surface area contributed by atoms with Crippen LogP contribution in [0.5, 0.6) is 5.75 Å². The van der Waals surface area contributed by atoms with Gasteiger partial charge in [-0.05, 0) is 31.4 Å². The Morgan fingerprint density at radius 1 is 1.43 bits per heavy atom. The van der Waals surface area contributed by atoms with Gasteiger partial charge in [0.05, 0.1) is 23.9 Å². The monoisotopic (exact) mass is 336 g/mol. The molecule has 3 fully saturated rings. The Bertz CT molecular complexity index is 632. The van der Waals surface area contributed by atoms with Crippen LogP contribution in [0.2, 0.25) is 5.02 Å². The lowest BCUT2D eigenvalue weighted by Gasteiger charge is -2.63. The molecule has 2 amide bonds. The molecule has 1 aromatic rings. The zero-order valence-corrected chi connectivity index (χ0v) is 13.9. The van der Waals surface area contributed by atoms with E-state index in [1.165, 1.54) is 6.42 Å². The minimum atomic E-state index is -0.196. The molecule has 1 saturated heterocycles. The Morgan fingerprint density at radius 2 is 2.26 bits per heavy atom. The van der Waals surface area contributed by atoms with E-state index in [1.54, 1.807) is 25.3 Å². The van der Waals surface area contributed by atoms with E-state index in [2.05, 4.69) is 10.6 Å². The fourth-order valence-corrected chi connectivity index (χ4v) is 4.70. The molecule has 2 saturated carbocycles. The van der Waals surface area contributed by atoms with Gasteiger partial charge in [0.2, 0.25) is 0 Å². The highest BCUT2D eigenvalue weighted by molar-refractivity contribution is 6.33. The van der Waals surface area contributed by atoms with E-state index in [1.807, 2.05) is 0 Å². The Kier molecular flexibility index (Phi) is 3.65. The lowest BCUT2D eigenvalue weighted by molar-refractivity contribution is -0.171. The van der Waals surface area contributed by atoms with Crippen LogP contribution in [-0.2, 0) is 4.74 Å². The number of hydrogen-bond donors (Lipinski definition) is 2. The number of anilines is 1. The number of urea groups is 1. The van der Waals surface area contributed by atoms with Gasteiger partial charge in [-0.3, -0.25) is 0 Å². The maximum absolute atomic E-state index is 12.4. The highest BCUT2D eigenvalue weighted by Crippen LogP contribution is 2.62. The molecular formula is C17H21ClN2O3. The molecule has 6 heteroatoms. The lowest BCUT2D eigenvalue weighted by Crippen LogP contribution is -2.72. The number of hydrogen-bond acceptors (Lipinski definition) is 3. The third kappa shape index (κ3) is 2.29. The number of halogens is 1. The molecule has 1 heterocycles. The first kappa shape index (κ1) is 15.1. The molecule has 0 bridgehead atoms. The summed E-state index contributed by atoms with van der Waals surface area (Å²) in [6.07, 6.45) is 4.94. The first-order valence-corrected chi connectivity index (χ1v) is 8.54. The Balaban J connectivity index is 1.42. The number of carbonyl (C=O) groups is 1. The zero-order valence-electron chi connectivity index (χ0n) is 13.1. The van der Waals surface area contributed by atoms with Crippen LogP contribution < -0.4 is 15.4 Å². The third-order valence-corrected chi connectivity index (χ3v) is 6.06. The number of methoxy groups -OCH3 is 1. The third-order valence-electron chi connectivity index (χ3n) is 5.75. The fourth-order valence-electron chi connectivity index (χ4n) is 4.48. The summed E-state index contributed by atoms with van der Waals surface area (Å²) in [7, 11) is 1.58. The molecule has 0 radical (unpaired) electrons. The SMILES string of the molecule is COc1ccc(NC(=O)N[C@@H]2[C@H]3CCO[C@H]3C23CCC3)c(Cl)c1. The molecule has 23 heavy (non-hydrogen) atoms. The van der Waals surface area contributed by atoms with Crippen molar-refractivity contribution in [2.75, 3.05) is 19.0 Å². The van der Waals surface area contributed by atoms with Gasteiger partial charge < -0.3 is 20.1 Å². The van der Waals surface area contributed by atoms with Crippen LogP contribution in [0.4, 0.5) is 10.5 Å². The van der Waals surface area contributed by atoms with Crippen LogP contribution in [-0.4, -0.2) is 31.9 Å². The predicted octanol–water partition coefficient (Wildman–Crippen LogP) is 3.43. The van der Waals surface area contributed by atoms with Gasteiger partial charge in [-0.2, -0.15) is 0 Å². The highest BCUT2D eigenvalue weighted by Gasteiger charge is 2.66. The van der Waals surface area contributed by atoms with Crippen LogP contribution in [0.3, 0.4) is 0 Å². The van der Waals surface area contributed by atoms with Crippen molar-refractivity contribution in [1.82, 2.24) is 5.32 Å². The van der Waals surface area contributed by atoms with Crippen LogP contribution >= 0.6 is 11.6 Å². The summed E-state index contributed by atoms with van der Waals surface area (Å²) in [5.41, 5.74) is 0.772. The molecule has 4 rings (SSSR count). The summed E-state index contributed by atoms with van der Waals surface area (Å²) >= 11 is 6.18. The molecule has 3 aliphatic rings. The van der Waals surface area contributed by atoms with Crippen molar-refractivity contribution in [2.24, 2.45) is 11.3 Å². The van der Waals surface area contributed by atoms with Crippen molar-refractivity contribution >= 4 is 23.3 Å². The molecule has 124 valence electrons. The molecule has 0 unspecified atom stereocenters. The number of benzene rings is 1.